The Kier molecular flexibility index (Phi) is 4.03. The zero-order valence-corrected chi connectivity index (χ0v) is 11.0. The fourth-order valence-corrected chi connectivity index (χ4v) is 2.37. The van der Waals surface area contributed by atoms with E-state index in [1.54, 1.807) is 0 Å². The van der Waals surface area contributed by atoms with Crippen LogP contribution in [0.1, 0.15) is 13.8 Å². The van der Waals surface area contributed by atoms with Gasteiger partial charge in [-0.25, -0.2) is 4.79 Å². The summed E-state index contributed by atoms with van der Waals surface area (Å²) < 4.78 is 0. The van der Waals surface area contributed by atoms with E-state index in [2.05, 4.69) is 0 Å². The number of alkyl halides is 1. The van der Waals surface area contributed by atoms with E-state index < -0.39 is 28.9 Å². The van der Waals surface area contributed by atoms with E-state index in [0.29, 0.717) is 0 Å². The molecule has 1 unspecified atom stereocenters. The van der Waals surface area contributed by atoms with Crippen molar-refractivity contribution in [3.05, 3.63) is 22.0 Å². The molecular weight excluding hydrogens is 283 g/mol. The quantitative estimate of drug-likeness (QED) is 0.578. The predicted molar refractivity (Wildman–Crippen MR) is 64.6 cm³/mol. The number of carbonyl (C=O) groups excluding carboxylic acids is 2. The van der Waals surface area contributed by atoms with Crippen LogP contribution in [0.4, 0.5) is 0 Å². The number of amides is 1. The molecule has 0 saturated heterocycles. The summed E-state index contributed by atoms with van der Waals surface area (Å²) in [4.78, 5) is 34.7. The summed E-state index contributed by atoms with van der Waals surface area (Å²) in [6.45, 7) is 2.31. The van der Waals surface area contributed by atoms with Crippen molar-refractivity contribution in [2.24, 2.45) is 5.73 Å². The first kappa shape index (κ1) is 14.5. The number of carbonyl (C=O) groups is 3. The fraction of sp³-hybridized carbons (Fsp3) is 0.300. The van der Waals surface area contributed by atoms with Gasteiger partial charge in [0.15, 0.2) is 11.5 Å². The highest BCUT2D eigenvalue weighted by atomic mass is 35.5. The number of hydrogen-bond acceptors (Lipinski definition) is 4. The Morgan fingerprint density at radius 1 is 1.33 bits per heavy atom. The summed E-state index contributed by atoms with van der Waals surface area (Å²) in [5.41, 5.74) is 3.45. The van der Waals surface area contributed by atoms with Gasteiger partial charge in [0.25, 0.3) is 0 Å². The summed E-state index contributed by atoms with van der Waals surface area (Å²) in [5.74, 6) is -2.59. The van der Waals surface area contributed by atoms with E-state index in [1.165, 1.54) is 6.92 Å². The Morgan fingerprint density at radius 3 is 2.17 bits per heavy atom. The topological polar surface area (TPSA) is 101 Å². The third kappa shape index (κ3) is 2.21. The van der Waals surface area contributed by atoms with E-state index in [-0.39, 0.29) is 16.3 Å². The van der Waals surface area contributed by atoms with Crippen LogP contribution in [0.25, 0.3) is 0 Å². The largest absolute Gasteiger partial charge is 0.477 e. The van der Waals surface area contributed by atoms with Crippen molar-refractivity contribution in [2.45, 2.75) is 19.3 Å². The molecule has 8 heteroatoms. The Balaban J connectivity index is 3.58. The molecule has 98 valence electrons. The third-order valence-corrected chi connectivity index (χ3v) is 3.16. The zero-order chi connectivity index (χ0) is 14.2. The second-order valence-electron chi connectivity index (χ2n) is 3.58. The predicted octanol–water partition coefficient (Wildman–Crippen LogP) is 0.750. The summed E-state index contributed by atoms with van der Waals surface area (Å²) in [6, 6.07) is 0. The lowest BCUT2D eigenvalue weighted by molar-refractivity contribution is -0.139. The van der Waals surface area contributed by atoms with Crippen LogP contribution in [0, 0.1) is 0 Å². The number of ketones is 1. The molecule has 0 aromatic heterocycles. The first-order valence-electron chi connectivity index (χ1n) is 4.78. The average molecular weight is 293 g/mol. The Hall–Kier alpha value is -1.53. The van der Waals surface area contributed by atoms with Gasteiger partial charge in [0.2, 0.25) is 5.91 Å². The molecule has 0 saturated carbocycles. The van der Waals surface area contributed by atoms with Crippen LogP contribution in [0.3, 0.4) is 0 Å². The van der Waals surface area contributed by atoms with Gasteiger partial charge in [-0.1, -0.05) is 23.2 Å². The molecule has 1 atom stereocenters. The van der Waals surface area contributed by atoms with Crippen molar-refractivity contribution in [1.82, 2.24) is 4.90 Å². The number of carboxylic acids is 1. The number of rotatable bonds is 2. The highest BCUT2D eigenvalue weighted by molar-refractivity contribution is 6.36. The van der Waals surface area contributed by atoms with Gasteiger partial charge in [-0.05, 0) is 6.92 Å². The second kappa shape index (κ2) is 4.99. The van der Waals surface area contributed by atoms with E-state index in [1.807, 2.05) is 0 Å². The van der Waals surface area contributed by atoms with Crippen molar-refractivity contribution in [1.29, 1.82) is 0 Å². The van der Waals surface area contributed by atoms with Gasteiger partial charge in [0.05, 0.1) is 16.3 Å². The molecule has 1 aliphatic rings. The second-order valence-corrected chi connectivity index (χ2v) is 4.37. The Bertz CT molecular complexity index is 510. The van der Waals surface area contributed by atoms with Gasteiger partial charge in [-0.3, -0.25) is 14.5 Å². The van der Waals surface area contributed by atoms with Gasteiger partial charge < -0.3 is 10.8 Å². The first-order valence-corrected chi connectivity index (χ1v) is 5.59. The van der Waals surface area contributed by atoms with Gasteiger partial charge in [-0.2, -0.15) is 0 Å². The molecule has 0 aliphatic carbocycles. The van der Waals surface area contributed by atoms with E-state index in [4.69, 9.17) is 34.0 Å². The van der Waals surface area contributed by atoms with Crippen LogP contribution >= 0.6 is 23.2 Å². The molecule has 0 fully saturated rings. The van der Waals surface area contributed by atoms with Crippen LogP contribution < -0.4 is 5.73 Å². The molecule has 1 amide bonds. The lowest BCUT2D eigenvalue weighted by atomic mass is 10.0. The molecule has 1 rings (SSSR count). The van der Waals surface area contributed by atoms with Gasteiger partial charge in [0.1, 0.15) is 5.50 Å². The number of nitrogens with two attached hydrogens (primary N) is 1. The molecule has 0 bridgehead atoms. The average Bonchev–Trinajstić information content (AvgIpc) is 2.21. The minimum Gasteiger partial charge on any atom is -0.477 e. The maximum Gasteiger partial charge on any atom is 0.354 e. The SMILES string of the molecule is CC(=O)C1=C(N)C(Cl)=C(C(=O)O)N(C(C)=O)C1Cl. The monoisotopic (exact) mass is 292 g/mol. The molecule has 0 aromatic carbocycles. The Labute approximate surface area is 113 Å². The van der Waals surface area contributed by atoms with Crippen molar-refractivity contribution in [2.75, 3.05) is 0 Å². The zero-order valence-electron chi connectivity index (χ0n) is 9.53. The molecule has 1 aliphatic heterocycles. The summed E-state index contributed by atoms with van der Waals surface area (Å²) in [5, 5.41) is 8.66. The van der Waals surface area contributed by atoms with Crippen molar-refractivity contribution >= 4 is 40.9 Å². The van der Waals surface area contributed by atoms with Crippen LogP contribution in [0.15, 0.2) is 22.0 Å². The van der Waals surface area contributed by atoms with Crippen LogP contribution in [0.2, 0.25) is 0 Å². The van der Waals surface area contributed by atoms with Crippen molar-refractivity contribution < 1.29 is 19.5 Å². The Morgan fingerprint density at radius 2 is 1.83 bits per heavy atom. The maximum atomic E-state index is 11.5. The van der Waals surface area contributed by atoms with Crippen LogP contribution in [-0.2, 0) is 14.4 Å². The number of carboxylic acid groups (broad SMARTS) is 1. The molecule has 18 heavy (non-hydrogen) atoms. The van der Waals surface area contributed by atoms with Crippen molar-refractivity contribution in [3.63, 3.8) is 0 Å². The first-order chi connectivity index (χ1) is 8.20. The number of Topliss-reactive ketones (excluding diaryl/α,β-unsaturated/α-hetero) is 1. The summed E-state index contributed by atoms with van der Waals surface area (Å²) in [6.07, 6.45) is 0. The number of halogens is 2. The molecule has 0 radical (unpaired) electrons. The maximum absolute atomic E-state index is 11.5. The smallest absolute Gasteiger partial charge is 0.354 e. The summed E-state index contributed by atoms with van der Waals surface area (Å²) >= 11 is 11.7. The van der Waals surface area contributed by atoms with E-state index in [0.717, 1.165) is 11.8 Å². The minimum absolute atomic E-state index is 0.0955. The molecule has 3 N–H and O–H groups in total. The number of nitrogens with zero attached hydrogens (tertiary/aromatic N) is 1. The van der Waals surface area contributed by atoms with Crippen LogP contribution in [-0.4, -0.2) is 33.2 Å². The lowest BCUT2D eigenvalue weighted by Gasteiger charge is -2.32. The van der Waals surface area contributed by atoms with E-state index in [9.17, 15) is 14.4 Å². The van der Waals surface area contributed by atoms with Gasteiger partial charge in [0, 0.05) is 6.92 Å². The molecule has 0 aromatic rings. The van der Waals surface area contributed by atoms with Gasteiger partial charge >= 0.3 is 5.97 Å². The molecule has 6 nitrogen and oxygen atoms in total. The van der Waals surface area contributed by atoms with Crippen LogP contribution in [0.5, 0.6) is 0 Å². The minimum atomic E-state index is -1.45. The fourth-order valence-electron chi connectivity index (χ4n) is 1.59. The summed E-state index contributed by atoms with van der Waals surface area (Å²) in [7, 11) is 0. The molecular formula is C10H10Cl2N2O4. The normalized spacial score (nSPS) is 20.2. The number of allylic oxidation sites excluding steroid dienone is 1. The molecule has 1 heterocycles. The molecule has 0 spiro atoms. The number of aliphatic carboxylic acids is 1. The highest BCUT2D eigenvalue weighted by Gasteiger charge is 2.39. The lowest BCUT2D eigenvalue weighted by Crippen LogP contribution is -2.44. The standard InChI is InChI=1S/C10H10Cl2N2O4/c1-3(15)5-7(13)6(11)8(10(17)18)14(4(2)16)9(5)12/h9H,13H2,1-2H3,(H,17,18). The number of hydrogen-bond donors (Lipinski definition) is 2. The highest BCUT2D eigenvalue weighted by Crippen LogP contribution is 2.34. The van der Waals surface area contributed by atoms with Gasteiger partial charge in [-0.15, -0.1) is 0 Å². The third-order valence-electron chi connectivity index (χ3n) is 2.36. The van der Waals surface area contributed by atoms with E-state index >= 15 is 0 Å². The van der Waals surface area contributed by atoms with Crippen molar-refractivity contribution in [3.8, 4) is 0 Å².